The lowest BCUT2D eigenvalue weighted by Gasteiger charge is -2.20. The Kier molecular flexibility index (Phi) is 5.99. The highest BCUT2D eigenvalue weighted by Crippen LogP contribution is 2.09. The zero-order chi connectivity index (χ0) is 14.3. The molecule has 0 fully saturated rings. The maximum atomic E-state index is 11.7. The van der Waals surface area contributed by atoms with Gasteiger partial charge in [-0.3, -0.25) is 4.79 Å². The van der Waals surface area contributed by atoms with E-state index in [0.29, 0.717) is 19.7 Å². The number of amides is 1. The lowest BCUT2D eigenvalue weighted by atomic mass is 10.1. The second-order valence-electron chi connectivity index (χ2n) is 5.60. The van der Waals surface area contributed by atoms with Gasteiger partial charge >= 0.3 is 0 Å². The molecule has 0 aliphatic heterocycles. The highest BCUT2D eigenvalue weighted by atomic mass is 16.5. The molecular weight excluding hydrogens is 240 g/mol. The van der Waals surface area contributed by atoms with Crippen molar-refractivity contribution in [2.45, 2.75) is 39.5 Å². The number of methoxy groups -OCH3 is 1. The lowest BCUT2D eigenvalue weighted by Crippen LogP contribution is -2.44. The van der Waals surface area contributed by atoms with Crippen LogP contribution in [0.3, 0.4) is 0 Å². The Hall–Kier alpha value is -1.39. The summed E-state index contributed by atoms with van der Waals surface area (Å²) in [6.45, 7) is 7.48. The van der Waals surface area contributed by atoms with Gasteiger partial charge in [0.15, 0.2) is 0 Å². The van der Waals surface area contributed by atoms with Crippen LogP contribution in [0.1, 0.15) is 31.9 Å². The maximum absolute atomic E-state index is 11.7. The zero-order valence-corrected chi connectivity index (χ0v) is 12.2. The summed E-state index contributed by atoms with van der Waals surface area (Å²) in [6.07, 6.45) is 0. The Balaban J connectivity index is 2.43. The van der Waals surface area contributed by atoms with Crippen LogP contribution in [0, 0.1) is 0 Å². The largest absolute Gasteiger partial charge is 0.380 e. The third kappa shape index (κ3) is 6.36. The topological polar surface area (TPSA) is 50.4 Å². The number of hydrogen-bond acceptors (Lipinski definition) is 3. The molecule has 0 atom stereocenters. The zero-order valence-electron chi connectivity index (χ0n) is 12.2. The van der Waals surface area contributed by atoms with E-state index in [1.807, 2.05) is 45.0 Å². The van der Waals surface area contributed by atoms with E-state index in [1.165, 1.54) is 0 Å². The summed E-state index contributed by atoms with van der Waals surface area (Å²) in [4.78, 5) is 11.7. The molecule has 106 valence electrons. The number of carbonyl (C=O) groups is 1. The number of nitrogens with one attached hydrogen (secondary N) is 2. The molecule has 19 heavy (non-hydrogen) atoms. The molecule has 1 rings (SSSR count). The van der Waals surface area contributed by atoms with Crippen LogP contribution in [0.4, 0.5) is 0 Å². The van der Waals surface area contributed by atoms with Gasteiger partial charge in [0.05, 0.1) is 13.2 Å². The van der Waals surface area contributed by atoms with Gasteiger partial charge in [0.1, 0.15) is 0 Å². The first kappa shape index (κ1) is 15.7. The summed E-state index contributed by atoms with van der Waals surface area (Å²) in [5.41, 5.74) is 2.12. The van der Waals surface area contributed by atoms with Crippen molar-refractivity contribution in [3.8, 4) is 0 Å². The Bertz CT molecular complexity index is 411. The molecule has 2 N–H and O–H groups in total. The van der Waals surface area contributed by atoms with Gasteiger partial charge in [-0.25, -0.2) is 0 Å². The summed E-state index contributed by atoms with van der Waals surface area (Å²) in [5, 5.41) is 6.07. The first-order valence-electron chi connectivity index (χ1n) is 6.50. The molecule has 0 bridgehead atoms. The van der Waals surface area contributed by atoms with E-state index in [9.17, 15) is 4.79 Å². The maximum Gasteiger partial charge on any atom is 0.234 e. The van der Waals surface area contributed by atoms with Gasteiger partial charge in [-0.2, -0.15) is 0 Å². The van der Waals surface area contributed by atoms with Gasteiger partial charge in [0.2, 0.25) is 5.91 Å². The van der Waals surface area contributed by atoms with E-state index in [1.54, 1.807) is 7.11 Å². The van der Waals surface area contributed by atoms with E-state index in [4.69, 9.17) is 4.74 Å². The molecule has 1 aromatic rings. The number of carbonyl (C=O) groups excluding carboxylic acids is 1. The molecule has 4 heteroatoms. The second-order valence-corrected chi connectivity index (χ2v) is 5.60. The first-order chi connectivity index (χ1) is 8.92. The molecule has 0 spiro atoms. The molecule has 0 radical (unpaired) electrons. The van der Waals surface area contributed by atoms with Crippen molar-refractivity contribution in [2.75, 3.05) is 13.7 Å². The van der Waals surface area contributed by atoms with Crippen molar-refractivity contribution in [1.82, 2.24) is 10.6 Å². The van der Waals surface area contributed by atoms with Gasteiger partial charge in [0, 0.05) is 19.2 Å². The summed E-state index contributed by atoms with van der Waals surface area (Å²) >= 11 is 0. The molecular formula is C15H24N2O2. The Morgan fingerprint density at radius 3 is 2.42 bits per heavy atom. The van der Waals surface area contributed by atoms with Crippen LogP contribution in [0.2, 0.25) is 0 Å². The quantitative estimate of drug-likeness (QED) is 0.824. The Morgan fingerprint density at radius 2 is 1.84 bits per heavy atom. The van der Waals surface area contributed by atoms with Crippen molar-refractivity contribution in [2.24, 2.45) is 0 Å². The monoisotopic (exact) mass is 264 g/mol. The third-order valence-electron chi connectivity index (χ3n) is 2.53. The van der Waals surface area contributed by atoms with Gasteiger partial charge < -0.3 is 15.4 Å². The smallest absolute Gasteiger partial charge is 0.234 e. The molecule has 0 aromatic heterocycles. The van der Waals surface area contributed by atoms with Gasteiger partial charge in [-0.05, 0) is 31.9 Å². The molecule has 0 aliphatic carbocycles. The SMILES string of the molecule is COCc1ccccc1CNCC(=O)NC(C)(C)C. The minimum atomic E-state index is -0.188. The predicted octanol–water partition coefficient (Wildman–Crippen LogP) is 1.84. The van der Waals surface area contributed by atoms with E-state index in [0.717, 1.165) is 11.1 Å². The van der Waals surface area contributed by atoms with Crippen molar-refractivity contribution in [1.29, 1.82) is 0 Å². The molecule has 0 heterocycles. The normalized spacial score (nSPS) is 11.4. The standard InChI is InChI=1S/C15H24N2O2/c1-15(2,3)17-14(18)10-16-9-12-7-5-6-8-13(12)11-19-4/h5-8,16H,9-11H2,1-4H3,(H,17,18). The fourth-order valence-electron chi connectivity index (χ4n) is 1.80. The molecule has 1 aromatic carbocycles. The number of ether oxygens (including phenoxy) is 1. The second kappa shape index (κ2) is 7.26. The van der Waals surface area contributed by atoms with Crippen LogP contribution in [-0.4, -0.2) is 25.1 Å². The fourth-order valence-corrected chi connectivity index (χ4v) is 1.80. The summed E-state index contributed by atoms with van der Waals surface area (Å²) in [6, 6.07) is 8.06. The molecule has 0 saturated carbocycles. The van der Waals surface area contributed by atoms with Crippen molar-refractivity contribution >= 4 is 5.91 Å². The molecule has 0 unspecified atom stereocenters. The third-order valence-corrected chi connectivity index (χ3v) is 2.53. The van der Waals surface area contributed by atoms with Crippen LogP contribution in [0.15, 0.2) is 24.3 Å². The van der Waals surface area contributed by atoms with Crippen LogP contribution >= 0.6 is 0 Å². The highest BCUT2D eigenvalue weighted by Gasteiger charge is 2.13. The Labute approximate surface area is 115 Å². The Morgan fingerprint density at radius 1 is 1.21 bits per heavy atom. The summed E-state index contributed by atoms with van der Waals surface area (Å²) in [5.74, 6) is 0.0109. The van der Waals surface area contributed by atoms with E-state index in [-0.39, 0.29) is 11.4 Å². The molecule has 0 saturated heterocycles. The average Bonchev–Trinajstić information content (AvgIpc) is 2.29. The fraction of sp³-hybridized carbons (Fsp3) is 0.533. The number of rotatable bonds is 6. The van der Waals surface area contributed by atoms with Crippen LogP contribution in [0.5, 0.6) is 0 Å². The minimum absolute atomic E-state index is 0.0109. The van der Waals surface area contributed by atoms with E-state index < -0.39 is 0 Å². The van der Waals surface area contributed by atoms with Crippen LogP contribution in [0.25, 0.3) is 0 Å². The highest BCUT2D eigenvalue weighted by molar-refractivity contribution is 5.78. The lowest BCUT2D eigenvalue weighted by molar-refractivity contribution is -0.121. The number of hydrogen-bond donors (Lipinski definition) is 2. The predicted molar refractivity (Wildman–Crippen MR) is 76.8 cm³/mol. The molecule has 1 amide bonds. The van der Waals surface area contributed by atoms with Gasteiger partial charge in [0.25, 0.3) is 0 Å². The van der Waals surface area contributed by atoms with Crippen LogP contribution in [-0.2, 0) is 22.7 Å². The molecule has 4 nitrogen and oxygen atoms in total. The first-order valence-corrected chi connectivity index (χ1v) is 6.50. The number of benzene rings is 1. The van der Waals surface area contributed by atoms with E-state index in [2.05, 4.69) is 10.6 Å². The summed E-state index contributed by atoms with van der Waals surface area (Å²) in [7, 11) is 1.68. The van der Waals surface area contributed by atoms with Gasteiger partial charge in [-0.15, -0.1) is 0 Å². The summed E-state index contributed by atoms with van der Waals surface area (Å²) < 4.78 is 5.15. The average molecular weight is 264 g/mol. The van der Waals surface area contributed by atoms with Crippen molar-refractivity contribution < 1.29 is 9.53 Å². The van der Waals surface area contributed by atoms with Crippen molar-refractivity contribution in [3.63, 3.8) is 0 Å². The van der Waals surface area contributed by atoms with Crippen molar-refractivity contribution in [3.05, 3.63) is 35.4 Å². The minimum Gasteiger partial charge on any atom is -0.380 e. The van der Waals surface area contributed by atoms with Gasteiger partial charge in [-0.1, -0.05) is 24.3 Å². The van der Waals surface area contributed by atoms with Crippen LogP contribution < -0.4 is 10.6 Å². The van der Waals surface area contributed by atoms with E-state index >= 15 is 0 Å². The molecule has 0 aliphatic rings.